The number of nitrogens with two attached hydrogens (primary N) is 1. The maximum Gasteiger partial charge on any atom is 0.266 e. The van der Waals surface area contributed by atoms with Crippen LogP contribution >= 0.6 is 11.6 Å². The van der Waals surface area contributed by atoms with E-state index >= 15 is 0 Å². The van der Waals surface area contributed by atoms with Gasteiger partial charge in [-0.3, -0.25) is 14.5 Å². The Hall–Kier alpha value is -4.32. The van der Waals surface area contributed by atoms with Crippen molar-refractivity contribution in [1.29, 1.82) is 0 Å². The van der Waals surface area contributed by atoms with Crippen molar-refractivity contribution in [2.45, 2.75) is 19.9 Å². The largest absolute Gasteiger partial charge is 0.383 e. The second-order valence-corrected chi connectivity index (χ2v) is 7.87. The lowest BCUT2D eigenvalue weighted by atomic mass is 10.1. The summed E-state index contributed by atoms with van der Waals surface area (Å²) in [6, 6.07) is 5.15. The molecular weight excluding hydrogens is 465 g/mol. The van der Waals surface area contributed by atoms with Crippen molar-refractivity contribution in [3.8, 4) is 17.3 Å². The molecule has 4 aromatic heterocycles. The number of hydrogen-bond acceptors (Lipinski definition) is 9. The molecule has 4 N–H and O–H groups in total. The van der Waals surface area contributed by atoms with E-state index in [1.54, 1.807) is 26.0 Å². The summed E-state index contributed by atoms with van der Waals surface area (Å²) in [6.07, 6.45) is 2.78. The number of hydrogen-bond donors (Lipinski definition) is 3. The smallest absolute Gasteiger partial charge is 0.266 e. The Labute approximate surface area is 195 Å². The number of H-pyrrole nitrogens is 1. The molecule has 5 rings (SSSR count). The number of pyridine rings is 1. The quantitative estimate of drug-likeness (QED) is 0.342. The minimum Gasteiger partial charge on any atom is -0.383 e. The Morgan fingerprint density at radius 1 is 1.29 bits per heavy atom. The fraction of sp³-hybridized carbons (Fsp3) is 0.143. The topological polar surface area (TPSA) is 153 Å². The van der Waals surface area contributed by atoms with Gasteiger partial charge in [-0.25, -0.2) is 14.4 Å². The fourth-order valence-corrected chi connectivity index (χ4v) is 3.95. The van der Waals surface area contributed by atoms with E-state index in [-0.39, 0.29) is 27.5 Å². The Kier molecular flexibility index (Phi) is 5.21. The lowest BCUT2D eigenvalue weighted by Crippen LogP contribution is -2.26. The number of nitrogens with one attached hydrogen (secondary N) is 2. The van der Waals surface area contributed by atoms with E-state index in [0.717, 1.165) is 0 Å². The van der Waals surface area contributed by atoms with Crippen LogP contribution in [0.4, 0.5) is 16.0 Å². The van der Waals surface area contributed by atoms with Gasteiger partial charge in [-0.1, -0.05) is 16.8 Å². The molecule has 0 bridgehead atoms. The molecule has 0 amide bonds. The number of halogens is 2. The predicted molar refractivity (Wildman–Crippen MR) is 123 cm³/mol. The van der Waals surface area contributed by atoms with Gasteiger partial charge in [0.25, 0.3) is 11.4 Å². The molecule has 0 aliphatic heterocycles. The standard InChI is InChI=1S/C21H17ClFN9O2/c1-9(28-19-17(18(24)25-8-26-19)20-29-10(2)31-34-20)14-7-11-13(23)4-3-12(22)16(11)21(33)32(14)15-5-6-27-30-15/h3-9H,1-2H3,(H,27,30)(H3,24,25,26,28)/t9-/m0/s1. The minimum absolute atomic E-state index is 0.0560. The molecule has 172 valence electrons. The molecule has 0 unspecified atom stereocenters. The molecule has 13 heteroatoms. The van der Waals surface area contributed by atoms with Crippen LogP contribution in [0.1, 0.15) is 24.5 Å². The van der Waals surface area contributed by atoms with Gasteiger partial charge >= 0.3 is 0 Å². The van der Waals surface area contributed by atoms with Crippen LogP contribution in [0.2, 0.25) is 5.02 Å². The summed E-state index contributed by atoms with van der Waals surface area (Å²) >= 11 is 6.26. The summed E-state index contributed by atoms with van der Waals surface area (Å²) in [6.45, 7) is 3.44. The van der Waals surface area contributed by atoms with Crippen LogP contribution in [0.15, 0.2) is 46.1 Å². The SMILES string of the molecule is Cc1noc(-c2c(N)ncnc2N[C@@H](C)c2cc3c(F)ccc(Cl)c3c(=O)n2-c2ccn[nH]2)n1. The number of nitrogens with zero attached hydrogens (tertiary/aromatic N) is 6. The summed E-state index contributed by atoms with van der Waals surface area (Å²) in [5.41, 5.74) is 6.27. The number of nitrogen functional groups attached to an aromatic ring is 1. The number of aromatic nitrogens is 7. The highest BCUT2D eigenvalue weighted by atomic mass is 35.5. The molecular formula is C21H17ClFN9O2. The highest BCUT2D eigenvalue weighted by molar-refractivity contribution is 6.35. The van der Waals surface area contributed by atoms with E-state index in [0.29, 0.717) is 28.7 Å². The Morgan fingerprint density at radius 2 is 2.12 bits per heavy atom. The molecule has 0 saturated carbocycles. The van der Waals surface area contributed by atoms with Gasteiger partial charge in [-0.05, 0) is 32.0 Å². The van der Waals surface area contributed by atoms with Crippen LogP contribution in [0.25, 0.3) is 28.0 Å². The minimum atomic E-state index is -0.587. The third-order valence-corrected chi connectivity index (χ3v) is 5.57. The van der Waals surface area contributed by atoms with E-state index < -0.39 is 17.4 Å². The summed E-state index contributed by atoms with van der Waals surface area (Å²) in [4.78, 5) is 26.0. The highest BCUT2D eigenvalue weighted by Crippen LogP contribution is 2.33. The third kappa shape index (κ3) is 3.53. The normalized spacial score (nSPS) is 12.2. The first-order valence-electron chi connectivity index (χ1n) is 10.1. The van der Waals surface area contributed by atoms with E-state index in [1.165, 1.54) is 29.2 Å². The number of aromatic amines is 1. The highest BCUT2D eigenvalue weighted by Gasteiger charge is 2.23. The maximum atomic E-state index is 14.7. The molecule has 11 nitrogen and oxygen atoms in total. The van der Waals surface area contributed by atoms with Gasteiger partial charge in [0.1, 0.15) is 35.2 Å². The molecule has 5 aromatic rings. The van der Waals surface area contributed by atoms with Crippen molar-refractivity contribution in [1.82, 2.24) is 34.9 Å². The molecule has 0 spiro atoms. The van der Waals surface area contributed by atoms with E-state index in [2.05, 4.69) is 35.6 Å². The van der Waals surface area contributed by atoms with Gasteiger partial charge in [0, 0.05) is 11.5 Å². The Bertz CT molecular complexity index is 1580. The number of rotatable bonds is 5. The molecule has 1 atom stereocenters. The Morgan fingerprint density at radius 3 is 2.82 bits per heavy atom. The van der Waals surface area contributed by atoms with Crippen LogP contribution < -0.4 is 16.6 Å². The van der Waals surface area contributed by atoms with Crippen molar-refractivity contribution in [3.05, 3.63) is 69.5 Å². The first-order chi connectivity index (χ1) is 16.3. The van der Waals surface area contributed by atoms with Crippen molar-refractivity contribution in [2.24, 2.45) is 0 Å². The zero-order valence-corrected chi connectivity index (χ0v) is 18.6. The molecule has 34 heavy (non-hydrogen) atoms. The average molecular weight is 482 g/mol. The van der Waals surface area contributed by atoms with Gasteiger partial charge < -0.3 is 15.6 Å². The summed E-state index contributed by atoms with van der Waals surface area (Å²) < 4.78 is 21.3. The van der Waals surface area contributed by atoms with Crippen LogP contribution in [-0.4, -0.2) is 34.9 Å². The van der Waals surface area contributed by atoms with Crippen molar-refractivity contribution in [3.63, 3.8) is 0 Å². The molecule has 0 fully saturated rings. The van der Waals surface area contributed by atoms with Gasteiger partial charge in [0.2, 0.25) is 0 Å². The molecule has 4 heterocycles. The van der Waals surface area contributed by atoms with Crippen molar-refractivity contribution in [2.75, 3.05) is 11.1 Å². The van der Waals surface area contributed by atoms with Crippen LogP contribution in [0.3, 0.4) is 0 Å². The summed E-state index contributed by atoms with van der Waals surface area (Å²) in [5, 5.41) is 14.0. The van der Waals surface area contributed by atoms with Crippen molar-refractivity contribution >= 4 is 34.0 Å². The number of aryl methyl sites for hydroxylation is 1. The number of benzene rings is 1. The maximum absolute atomic E-state index is 14.7. The monoisotopic (exact) mass is 481 g/mol. The second-order valence-electron chi connectivity index (χ2n) is 7.46. The molecule has 0 radical (unpaired) electrons. The molecule has 1 aromatic carbocycles. The van der Waals surface area contributed by atoms with Gasteiger partial charge in [-0.15, -0.1) is 0 Å². The number of fused-ring (bicyclic) bond motifs is 1. The zero-order chi connectivity index (χ0) is 24.0. The fourth-order valence-electron chi connectivity index (χ4n) is 3.70. The van der Waals surface area contributed by atoms with E-state index in [9.17, 15) is 9.18 Å². The van der Waals surface area contributed by atoms with E-state index in [4.69, 9.17) is 21.9 Å². The van der Waals surface area contributed by atoms with Crippen LogP contribution in [0.5, 0.6) is 0 Å². The number of anilines is 2. The first-order valence-corrected chi connectivity index (χ1v) is 10.4. The second kappa shape index (κ2) is 8.23. The molecule has 0 aliphatic rings. The molecule has 0 aliphatic carbocycles. The summed E-state index contributed by atoms with van der Waals surface area (Å²) in [5.74, 6) is 0.759. The van der Waals surface area contributed by atoms with Crippen LogP contribution in [-0.2, 0) is 0 Å². The summed E-state index contributed by atoms with van der Waals surface area (Å²) in [7, 11) is 0. The predicted octanol–water partition coefficient (Wildman–Crippen LogP) is 3.41. The van der Waals surface area contributed by atoms with E-state index in [1.807, 2.05) is 0 Å². The molecule has 0 saturated heterocycles. The van der Waals surface area contributed by atoms with Gasteiger partial charge in [0.15, 0.2) is 5.82 Å². The third-order valence-electron chi connectivity index (χ3n) is 5.25. The first kappa shape index (κ1) is 21.5. The lowest BCUT2D eigenvalue weighted by Gasteiger charge is -2.21. The zero-order valence-electron chi connectivity index (χ0n) is 17.9. The lowest BCUT2D eigenvalue weighted by molar-refractivity contribution is 0.425. The van der Waals surface area contributed by atoms with Crippen LogP contribution in [0, 0.1) is 12.7 Å². The Balaban J connectivity index is 1.69. The van der Waals surface area contributed by atoms with Crippen molar-refractivity contribution < 1.29 is 8.91 Å². The van der Waals surface area contributed by atoms with Gasteiger partial charge in [-0.2, -0.15) is 10.1 Å². The average Bonchev–Trinajstić information content (AvgIpc) is 3.48. The van der Waals surface area contributed by atoms with Gasteiger partial charge in [0.05, 0.1) is 28.3 Å².